The first-order valence-corrected chi connectivity index (χ1v) is 17.3. The van der Waals surface area contributed by atoms with E-state index in [9.17, 15) is 0 Å². The normalized spacial score (nSPS) is 11.7. The lowest BCUT2D eigenvalue weighted by atomic mass is 9.93. The second-order valence-electron chi connectivity index (χ2n) is 12.4. The first-order chi connectivity index (χ1) is 24.3. The minimum Gasteiger partial charge on any atom is -0.208 e. The molecule has 0 aliphatic heterocycles. The van der Waals surface area contributed by atoms with Crippen molar-refractivity contribution in [3.63, 3.8) is 0 Å². The van der Waals surface area contributed by atoms with Gasteiger partial charge in [0.1, 0.15) is 0 Å². The minimum atomic E-state index is 0.652. The first kappa shape index (κ1) is 27.8. The lowest BCUT2D eigenvalue weighted by molar-refractivity contribution is 1.07. The fourth-order valence-corrected chi connectivity index (χ4v) is 8.38. The number of hydrogen-bond acceptors (Lipinski definition) is 4. The molecule has 3 nitrogen and oxygen atoms in total. The molecule has 0 bridgehead atoms. The molecule has 49 heavy (non-hydrogen) atoms. The Bertz CT molecular complexity index is 2870. The summed E-state index contributed by atoms with van der Waals surface area (Å²) in [6, 6.07) is 58.0. The van der Waals surface area contributed by atoms with Crippen molar-refractivity contribution in [3.8, 4) is 45.3 Å². The van der Waals surface area contributed by atoms with E-state index in [1.165, 1.54) is 58.2 Å². The summed E-state index contributed by atoms with van der Waals surface area (Å²) in [5, 5.41) is 10.1. The molecule has 0 saturated carbocycles. The third-order valence-electron chi connectivity index (χ3n) is 9.48. The maximum absolute atomic E-state index is 5.04. The highest BCUT2D eigenvalue weighted by molar-refractivity contribution is 7.27. The molecule has 0 aliphatic carbocycles. The Balaban J connectivity index is 1.14. The molecule has 0 N–H and O–H groups in total. The Morgan fingerprint density at radius 2 is 0.898 bits per heavy atom. The van der Waals surface area contributed by atoms with E-state index in [1.807, 2.05) is 41.7 Å². The summed E-state index contributed by atoms with van der Waals surface area (Å²) in [6.45, 7) is 0. The Hall–Kier alpha value is -6.23. The molecule has 0 amide bonds. The van der Waals surface area contributed by atoms with E-state index in [4.69, 9.17) is 15.0 Å². The number of fused-ring (bicyclic) bond motifs is 8. The Morgan fingerprint density at radius 1 is 0.347 bits per heavy atom. The fraction of sp³-hybridized carbons (Fsp3) is 0. The summed E-state index contributed by atoms with van der Waals surface area (Å²) in [5.41, 5.74) is 5.27. The molecule has 2 aromatic heterocycles. The highest BCUT2D eigenvalue weighted by atomic mass is 32.1. The quantitative estimate of drug-likeness (QED) is 0.180. The van der Waals surface area contributed by atoms with Crippen LogP contribution in [-0.4, -0.2) is 15.0 Å². The topological polar surface area (TPSA) is 38.7 Å². The zero-order valence-corrected chi connectivity index (χ0v) is 27.2. The predicted octanol–water partition coefficient (Wildman–Crippen LogP) is 12.4. The molecule has 0 atom stereocenters. The van der Waals surface area contributed by atoms with E-state index in [0.29, 0.717) is 17.5 Å². The number of aromatic nitrogens is 3. The summed E-state index contributed by atoms with van der Waals surface area (Å²) in [7, 11) is 0. The van der Waals surface area contributed by atoms with Crippen LogP contribution < -0.4 is 0 Å². The van der Waals surface area contributed by atoms with E-state index in [-0.39, 0.29) is 0 Å². The molecule has 228 valence electrons. The molecule has 8 aromatic carbocycles. The SMILES string of the molecule is c1ccc(-c2nc(-c3ccc(-c4cc5ccc6ccccc6c5c5sc6ccccc6c45)cc3)nc(-c3ccc4ccccc4c3)n2)cc1. The van der Waals surface area contributed by atoms with Crippen molar-refractivity contribution in [1.82, 2.24) is 15.0 Å². The van der Waals surface area contributed by atoms with E-state index in [2.05, 4.69) is 133 Å². The molecule has 2 heterocycles. The molecule has 0 radical (unpaired) electrons. The second-order valence-corrected chi connectivity index (χ2v) is 13.5. The van der Waals surface area contributed by atoms with Crippen LogP contribution in [-0.2, 0) is 0 Å². The third kappa shape index (κ3) is 4.68. The van der Waals surface area contributed by atoms with Crippen LogP contribution in [0.2, 0.25) is 0 Å². The third-order valence-corrected chi connectivity index (χ3v) is 10.7. The van der Waals surface area contributed by atoms with Gasteiger partial charge in [-0.05, 0) is 56.3 Å². The van der Waals surface area contributed by atoms with Crippen LogP contribution in [0, 0.1) is 0 Å². The van der Waals surface area contributed by atoms with Crippen molar-refractivity contribution >= 4 is 63.8 Å². The van der Waals surface area contributed by atoms with Crippen molar-refractivity contribution in [1.29, 1.82) is 0 Å². The zero-order chi connectivity index (χ0) is 32.3. The van der Waals surface area contributed by atoms with Crippen molar-refractivity contribution in [2.24, 2.45) is 0 Å². The van der Waals surface area contributed by atoms with E-state index in [1.54, 1.807) is 0 Å². The van der Waals surface area contributed by atoms with Crippen molar-refractivity contribution in [3.05, 3.63) is 164 Å². The average molecular weight is 642 g/mol. The number of rotatable bonds is 4. The van der Waals surface area contributed by atoms with E-state index in [0.717, 1.165) is 22.1 Å². The smallest absolute Gasteiger partial charge is 0.164 e. The van der Waals surface area contributed by atoms with Crippen LogP contribution in [0.4, 0.5) is 0 Å². The Labute approximate surface area is 286 Å². The van der Waals surface area contributed by atoms with Gasteiger partial charge in [0.2, 0.25) is 0 Å². The summed E-state index contributed by atoms with van der Waals surface area (Å²) >= 11 is 1.89. The van der Waals surface area contributed by atoms with Gasteiger partial charge in [-0.1, -0.05) is 146 Å². The molecule has 0 aliphatic rings. The number of hydrogen-bond donors (Lipinski definition) is 0. The monoisotopic (exact) mass is 641 g/mol. The lowest BCUT2D eigenvalue weighted by Gasteiger charge is -2.12. The van der Waals surface area contributed by atoms with Crippen LogP contribution in [0.15, 0.2) is 164 Å². The minimum absolute atomic E-state index is 0.652. The fourth-order valence-electron chi connectivity index (χ4n) is 7.08. The largest absolute Gasteiger partial charge is 0.208 e. The highest BCUT2D eigenvalue weighted by Gasteiger charge is 2.18. The lowest BCUT2D eigenvalue weighted by Crippen LogP contribution is -2.00. The van der Waals surface area contributed by atoms with Crippen LogP contribution in [0.5, 0.6) is 0 Å². The summed E-state index contributed by atoms with van der Waals surface area (Å²) in [6.07, 6.45) is 0. The maximum Gasteiger partial charge on any atom is 0.164 e. The molecule has 0 fully saturated rings. The second kappa shape index (κ2) is 11.2. The van der Waals surface area contributed by atoms with Crippen molar-refractivity contribution in [2.75, 3.05) is 0 Å². The van der Waals surface area contributed by atoms with Gasteiger partial charge >= 0.3 is 0 Å². The number of benzene rings is 8. The summed E-state index contributed by atoms with van der Waals surface area (Å²) in [5.74, 6) is 1.97. The molecular weight excluding hydrogens is 615 g/mol. The van der Waals surface area contributed by atoms with Gasteiger partial charge in [0.15, 0.2) is 17.5 Å². The molecule has 10 rings (SSSR count). The molecule has 0 unspecified atom stereocenters. The summed E-state index contributed by atoms with van der Waals surface area (Å²) < 4.78 is 2.63. The first-order valence-electron chi connectivity index (χ1n) is 16.4. The van der Waals surface area contributed by atoms with E-state index < -0.39 is 0 Å². The van der Waals surface area contributed by atoms with Crippen LogP contribution in [0.1, 0.15) is 0 Å². The van der Waals surface area contributed by atoms with Gasteiger partial charge < -0.3 is 0 Å². The maximum atomic E-state index is 5.04. The standard InChI is InChI=1S/C45H27N3S/c1-2-12-31(13-3-1)43-46-44(48-45(47-43)35-25-18-28-10-4-5-14-33(28)26-35)32-22-19-30(20-23-32)38-27-34-24-21-29-11-6-7-15-36(29)40(34)42-41(38)37-16-8-9-17-39(37)49-42/h1-27H. The van der Waals surface area contributed by atoms with E-state index >= 15 is 0 Å². The van der Waals surface area contributed by atoms with Gasteiger partial charge in [-0.25, -0.2) is 15.0 Å². The van der Waals surface area contributed by atoms with Crippen molar-refractivity contribution < 1.29 is 0 Å². The highest BCUT2D eigenvalue weighted by Crippen LogP contribution is 2.46. The van der Waals surface area contributed by atoms with Gasteiger partial charge in [-0.3, -0.25) is 0 Å². The van der Waals surface area contributed by atoms with Gasteiger partial charge in [0, 0.05) is 42.2 Å². The predicted molar refractivity (Wildman–Crippen MR) is 207 cm³/mol. The van der Waals surface area contributed by atoms with Crippen LogP contribution >= 0.6 is 11.3 Å². The molecule has 10 aromatic rings. The summed E-state index contributed by atoms with van der Waals surface area (Å²) in [4.78, 5) is 15.0. The molecule has 4 heteroatoms. The van der Waals surface area contributed by atoms with Crippen molar-refractivity contribution in [2.45, 2.75) is 0 Å². The Morgan fingerprint density at radius 3 is 1.69 bits per heavy atom. The van der Waals surface area contributed by atoms with Gasteiger partial charge in [-0.2, -0.15) is 0 Å². The van der Waals surface area contributed by atoms with Crippen LogP contribution in [0.25, 0.3) is 97.8 Å². The average Bonchev–Trinajstić information content (AvgIpc) is 3.57. The van der Waals surface area contributed by atoms with Gasteiger partial charge in [0.05, 0.1) is 0 Å². The molecule has 0 spiro atoms. The Kier molecular flexibility index (Phi) is 6.36. The zero-order valence-electron chi connectivity index (χ0n) is 26.3. The molecule has 0 saturated heterocycles. The van der Waals surface area contributed by atoms with Crippen LogP contribution in [0.3, 0.4) is 0 Å². The number of thiophene rings is 1. The van der Waals surface area contributed by atoms with Gasteiger partial charge in [-0.15, -0.1) is 11.3 Å². The van der Waals surface area contributed by atoms with Gasteiger partial charge in [0.25, 0.3) is 0 Å². The number of nitrogens with zero attached hydrogens (tertiary/aromatic N) is 3. The molecular formula is C45H27N3S.